The number of benzene rings is 1. The summed E-state index contributed by atoms with van der Waals surface area (Å²) in [6.07, 6.45) is 0. The van der Waals surface area contributed by atoms with E-state index in [-0.39, 0.29) is 17.2 Å². The van der Waals surface area contributed by atoms with Crippen LogP contribution >= 0.6 is 23.1 Å². The lowest BCUT2D eigenvalue weighted by atomic mass is 10.1. The number of carbonyl (C=O) groups excluding carboxylic acids is 1. The molecule has 0 radical (unpaired) electrons. The second kappa shape index (κ2) is 6.33. The zero-order valence-electron chi connectivity index (χ0n) is 11.5. The van der Waals surface area contributed by atoms with E-state index in [1.54, 1.807) is 0 Å². The van der Waals surface area contributed by atoms with Gasteiger partial charge in [-0.2, -0.15) is 0 Å². The summed E-state index contributed by atoms with van der Waals surface area (Å²) in [5.74, 6) is 0.842. The van der Waals surface area contributed by atoms with E-state index in [0.29, 0.717) is 21.8 Å². The van der Waals surface area contributed by atoms with Crippen LogP contribution in [-0.4, -0.2) is 21.6 Å². The molecule has 2 aromatic heterocycles. The summed E-state index contributed by atoms with van der Waals surface area (Å²) >= 11 is 2.78. The molecule has 3 N–H and O–H groups in total. The van der Waals surface area contributed by atoms with Gasteiger partial charge in [-0.05, 0) is 5.56 Å². The van der Waals surface area contributed by atoms with Gasteiger partial charge < -0.3 is 10.7 Å². The van der Waals surface area contributed by atoms with Crippen molar-refractivity contribution in [2.75, 3.05) is 5.75 Å². The fraction of sp³-hybridized carbons (Fsp3) is 0.133. The minimum atomic E-state index is -0.379. The third-order valence-corrected chi connectivity index (χ3v) is 4.90. The summed E-state index contributed by atoms with van der Waals surface area (Å²) in [5, 5.41) is 2.56. The summed E-state index contributed by atoms with van der Waals surface area (Å²) < 4.78 is 0. The second-order valence-corrected chi connectivity index (χ2v) is 6.51. The number of thiophene rings is 1. The highest BCUT2D eigenvalue weighted by Gasteiger charge is 2.12. The number of nitrogens with one attached hydrogen (secondary N) is 1. The molecule has 0 aliphatic carbocycles. The molecule has 3 aromatic rings. The van der Waals surface area contributed by atoms with Crippen molar-refractivity contribution in [2.24, 2.45) is 5.73 Å². The van der Waals surface area contributed by atoms with E-state index in [0.717, 1.165) is 11.1 Å². The van der Waals surface area contributed by atoms with Crippen LogP contribution in [-0.2, 0) is 10.5 Å². The number of carbonyl (C=O) groups is 1. The van der Waals surface area contributed by atoms with E-state index < -0.39 is 0 Å². The highest BCUT2D eigenvalue weighted by Crippen LogP contribution is 2.30. The first-order chi connectivity index (χ1) is 10.6. The lowest BCUT2D eigenvalue weighted by Crippen LogP contribution is -2.14. The van der Waals surface area contributed by atoms with E-state index in [4.69, 9.17) is 5.73 Å². The molecule has 5 nitrogen and oxygen atoms in total. The summed E-state index contributed by atoms with van der Waals surface area (Å²) in [6.45, 7) is 0. The quantitative estimate of drug-likeness (QED) is 0.751. The molecule has 0 atom stereocenters. The maximum atomic E-state index is 12.4. The summed E-state index contributed by atoms with van der Waals surface area (Å²) in [5.41, 5.74) is 6.83. The van der Waals surface area contributed by atoms with E-state index in [1.165, 1.54) is 23.1 Å². The number of nitrogens with zero attached hydrogens (tertiary/aromatic N) is 1. The molecule has 0 aliphatic rings. The molecule has 22 heavy (non-hydrogen) atoms. The fourth-order valence-electron chi connectivity index (χ4n) is 2.14. The summed E-state index contributed by atoms with van der Waals surface area (Å²) in [6, 6.07) is 9.76. The molecular weight excluding hydrogens is 318 g/mol. The predicted molar refractivity (Wildman–Crippen MR) is 91.0 cm³/mol. The smallest absolute Gasteiger partial charge is 0.260 e. The van der Waals surface area contributed by atoms with Gasteiger partial charge in [-0.15, -0.1) is 23.1 Å². The molecule has 0 bridgehead atoms. The summed E-state index contributed by atoms with van der Waals surface area (Å²) in [4.78, 5) is 31.1. The van der Waals surface area contributed by atoms with Crippen LogP contribution < -0.4 is 11.3 Å². The maximum Gasteiger partial charge on any atom is 0.260 e. The topological polar surface area (TPSA) is 88.8 Å². The van der Waals surface area contributed by atoms with Crippen molar-refractivity contribution in [3.05, 3.63) is 51.9 Å². The molecule has 2 heterocycles. The molecule has 0 saturated carbocycles. The van der Waals surface area contributed by atoms with Gasteiger partial charge in [0.15, 0.2) is 0 Å². The first kappa shape index (κ1) is 14.8. The van der Waals surface area contributed by atoms with Gasteiger partial charge in [0.1, 0.15) is 10.7 Å². The first-order valence-electron chi connectivity index (χ1n) is 6.57. The monoisotopic (exact) mass is 331 g/mol. The number of hydrogen-bond donors (Lipinski definition) is 2. The normalized spacial score (nSPS) is 10.9. The number of rotatable bonds is 5. The number of amides is 1. The van der Waals surface area contributed by atoms with Gasteiger partial charge in [-0.25, -0.2) is 4.98 Å². The number of H-pyrrole nitrogens is 1. The minimum Gasteiger partial charge on any atom is -0.369 e. The number of hydrogen-bond acceptors (Lipinski definition) is 5. The van der Waals surface area contributed by atoms with Crippen LogP contribution in [0, 0.1) is 0 Å². The summed E-state index contributed by atoms with van der Waals surface area (Å²) in [7, 11) is 0. The molecule has 1 aromatic carbocycles. The molecular formula is C15H13N3O2S2. The van der Waals surface area contributed by atoms with Crippen molar-refractivity contribution >= 4 is 39.2 Å². The van der Waals surface area contributed by atoms with Crippen molar-refractivity contribution in [2.45, 2.75) is 5.75 Å². The molecule has 0 aliphatic heterocycles. The van der Waals surface area contributed by atoms with Gasteiger partial charge in [0.2, 0.25) is 5.91 Å². The predicted octanol–water partition coefficient (Wildman–Crippen LogP) is 2.37. The van der Waals surface area contributed by atoms with E-state index in [9.17, 15) is 9.59 Å². The van der Waals surface area contributed by atoms with Crippen LogP contribution in [0.5, 0.6) is 0 Å². The van der Waals surface area contributed by atoms with Crippen LogP contribution in [0.2, 0.25) is 0 Å². The fourth-order valence-corrected chi connectivity index (χ4v) is 3.74. The van der Waals surface area contributed by atoms with Gasteiger partial charge in [-0.1, -0.05) is 30.3 Å². The van der Waals surface area contributed by atoms with Crippen molar-refractivity contribution in [3.63, 3.8) is 0 Å². The number of nitrogens with two attached hydrogens (primary N) is 1. The van der Waals surface area contributed by atoms with E-state index in [1.807, 2.05) is 35.7 Å². The highest BCUT2D eigenvalue weighted by molar-refractivity contribution is 7.99. The molecule has 0 fully saturated rings. The van der Waals surface area contributed by atoms with Gasteiger partial charge in [0.05, 0.1) is 16.9 Å². The molecule has 7 heteroatoms. The molecule has 112 valence electrons. The Morgan fingerprint density at radius 2 is 2.09 bits per heavy atom. The van der Waals surface area contributed by atoms with Gasteiger partial charge in [0, 0.05) is 10.9 Å². The zero-order chi connectivity index (χ0) is 15.5. The average Bonchev–Trinajstić information content (AvgIpc) is 2.92. The standard InChI is InChI=1S/C15H13N3O2S2/c16-11(19)7-21-8-12-17-14(20)13-10(6-22-15(13)18-12)9-4-2-1-3-5-9/h1-6H,7-8H2,(H2,16,19)(H,17,18,20). The Balaban J connectivity index is 1.96. The second-order valence-electron chi connectivity index (χ2n) is 4.67. The van der Waals surface area contributed by atoms with Gasteiger partial charge in [-0.3, -0.25) is 9.59 Å². The lowest BCUT2D eigenvalue weighted by Gasteiger charge is -2.01. The highest BCUT2D eigenvalue weighted by atomic mass is 32.2. The van der Waals surface area contributed by atoms with E-state index in [2.05, 4.69) is 9.97 Å². The third kappa shape index (κ3) is 3.05. The average molecular weight is 331 g/mol. The third-order valence-electron chi connectivity index (χ3n) is 3.06. The Kier molecular flexibility index (Phi) is 4.26. The van der Waals surface area contributed by atoms with Crippen LogP contribution in [0.1, 0.15) is 5.82 Å². The van der Waals surface area contributed by atoms with Crippen LogP contribution in [0.15, 0.2) is 40.5 Å². The van der Waals surface area contributed by atoms with Crippen molar-refractivity contribution in [1.29, 1.82) is 0 Å². The Labute approximate surface area is 134 Å². The minimum absolute atomic E-state index is 0.153. The van der Waals surface area contributed by atoms with Gasteiger partial charge in [0.25, 0.3) is 5.56 Å². The largest absolute Gasteiger partial charge is 0.369 e. The van der Waals surface area contributed by atoms with Crippen molar-refractivity contribution in [3.8, 4) is 11.1 Å². The molecule has 0 spiro atoms. The maximum absolute atomic E-state index is 12.4. The number of fused-ring (bicyclic) bond motifs is 1. The Morgan fingerprint density at radius 1 is 1.32 bits per heavy atom. The van der Waals surface area contributed by atoms with Crippen molar-refractivity contribution < 1.29 is 4.79 Å². The van der Waals surface area contributed by atoms with Crippen LogP contribution in [0.3, 0.4) is 0 Å². The van der Waals surface area contributed by atoms with Crippen molar-refractivity contribution in [1.82, 2.24) is 9.97 Å². The zero-order valence-corrected chi connectivity index (χ0v) is 13.2. The lowest BCUT2D eigenvalue weighted by molar-refractivity contribution is -0.115. The van der Waals surface area contributed by atoms with Gasteiger partial charge >= 0.3 is 0 Å². The number of aromatic amines is 1. The number of primary amides is 1. The Morgan fingerprint density at radius 3 is 2.82 bits per heavy atom. The van der Waals surface area contributed by atoms with E-state index >= 15 is 0 Å². The molecule has 0 unspecified atom stereocenters. The molecule has 3 rings (SSSR count). The number of aromatic nitrogens is 2. The Hall–Kier alpha value is -2.12. The SMILES string of the molecule is NC(=O)CSCc1nc2scc(-c3ccccc3)c2c(=O)[nH]1. The Bertz CT molecular complexity index is 871. The molecule has 1 amide bonds. The first-order valence-corrected chi connectivity index (χ1v) is 8.60. The van der Waals surface area contributed by atoms with Crippen LogP contribution in [0.4, 0.5) is 0 Å². The van der Waals surface area contributed by atoms with Crippen LogP contribution in [0.25, 0.3) is 21.3 Å². The molecule has 0 saturated heterocycles. The number of thioether (sulfide) groups is 1.